The average molecular weight is 409 g/mol. The van der Waals surface area contributed by atoms with Crippen LogP contribution in [0.15, 0.2) is 58.2 Å². The van der Waals surface area contributed by atoms with E-state index in [1.165, 1.54) is 18.3 Å². The molecule has 6 nitrogen and oxygen atoms in total. The van der Waals surface area contributed by atoms with Gasteiger partial charge in [0.2, 0.25) is 0 Å². The summed E-state index contributed by atoms with van der Waals surface area (Å²) in [5, 5.41) is 3.95. The highest BCUT2D eigenvalue weighted by molar-refractivity contribution is 7.90. The zero-order chi connectivity index (χ0) is 20.6. The summed E-state index contributed by atoms with van der Waals surface area (Å²) in [5.74, 6) is 5.59. The van der Waals surface area contributed by atoms with Crippen molar-refractivity contribution in [3.63, 3.8) is 0 Å². The van der Waals surface area contributed by atoms with Crippen LogP contribution in [-0.2, 0) is 10.0 Å². The molecule has 29 heavy (non-hydrogen) atoms. The Morgan fingerprint density at radius 3 is 2.62 bits per heavy atom. The van der Waals surface area contributed by atoms with Crippen molar-refractivity contribution in [1.29, 1.82) is 0 Å². The standard InChI is InChI=1S/C21H16FN3O3S/c1-14-20(15(2)28-24-14)17-11-19-21(23-12-17)16(7-6-10-22)13-25(19)29(26,27)18-8-4-3-5-9-18/h3-5,8-9,11-13H,10H2,1-2H3. The van der Waals surface area contributed by atoms with Crippen LogP contribution in [0.5, 0.6) is 0 Å². The van der Waals surface area contributed by atoms with Gasteiger partial charge in [0.05, 0.1) is 21.7 Å². The average Bonchev–Trinajstić information content (AvgIpc) is 3.26. The van der Waals surface area contributed by atoms with E-state index in [2.05, 4.69) is 22.0 Å². The monoisotopic (exact) mass is 409 g/mol. The number of halogens is 1. The number of alkyl halides is 1. The van der Waals surface area contributed by atoms with E-state index in [0.29, 0.717) is 33.6 Å². The smallest absolute Gasteiger partial charge is 0.268 e. The summed E-state index contributed by atoms with van der Waals surface area (Å²) in [7, 11) is -3.90. The highest BCUT2D eigenvalue weighted by Gasteiger charge is 2.23. The van der Waals surface area contributed by atoms with Gasteiger partial charge in [0.15, 0.2) is 6.67 Å². The molecular weight excluding hydrogens is 393 g/mol. The van der Waals surface area contributed by atoms with Crippen LogP contribution in [0, 0.1) is 25.7 Å². The second-order valence-electron chi connectivity index (χ2n) is 6.38. The lowest BCUT2D eigenvalue weighted by atomic mass is 10.1. The van der Waals surface area contributed by atoms with Gasteiger partial charge in [-0.05, 0) is 32.0 Å². The Hall–Kier alpha value is -3.44. The number of benzene rings is 1. The molecule has 1 aromatic carbocycles. The Bertz CT molecular complexity index is 1360. The molecule has 3 aromatic heterocycles. The van der Waals surface area contributed by atoms with Gasteiger partial charge in [-0.3, -0.25) is 4.98 Å². The van der Waals surface area contributed by atoms with Crippen molar-refractivity contribution in [1.82, 2.24) is 14.1 Å². The van der Waals surface area contributed by atoms with Gasteiger partial charge in [-0.1, -0.05) is 35.2 Å². The lowest BCUT2D eigenvalue weighted by Crippen LogP contribution is -2.11. The predicted octanol–water partition coefficient (Wildman–Crippen LogP) is 3.87. The number of aryl methyl sites for hydroxylation is 2. The van der Waals surface area contributed by atoms with Gasteiger partial charge in [-0.25, -0.2) is 16.8 Å². The molecule has 4 rings (SSSR count). The Labute approximate surface area is 167 Å². The van der Waals surface area contributed by atoms with Gasteiger partial charge < -0.3 is 4.52 Å². The van der Waals surface area contributed by atoms with E-state index in [9.17, 15) is 12.8 Å². The molecule has 0 bridgehead atoms. The molecule has 0 N–H and O–H groups in total. The first-order valence-electron chi connectivity index (χ1n) is 8.73. The number of pyridine rings is 1. The van der Waals surface area contributed by atoms with Crippen molar-refractivity contribution < 1.29 is 17.3 Å². The van der Waals surface area contributed by atoms with Crippen molar-refractivity contribution >= 4 is 21.1 Å². The molecular formula is C21H16FN3O3S. The van der Waals surface area contributed by atoms with E-state index in [-0.39, 0.29) is 4.90 Å². The van der Waals surface area contributed by atoms with Gasteiger partial charge in [-0.2, -0.15) is 0 Å². The summed E-state index contributed by atoms with van der Waals surface area (Å²) in [5.41, 5.74) is 3.14. The highest BCUT2D eigenvalue weighted by atomic mass is 32.2. The Kier molecular flexibility index (Phi) is 4.68. The summed E-state index contributed by atoms with van der Waals surface area (Å²) in [6.45, 7) is 2.74. The molecule has 0 atom stereocenters. The SMILES string of the molecule is Cc1noc(C)c1-c1cnc2c(C#CCF)cn(S(=O)(=O)c3ccccc3)c2c1. The van der Waals surface area contributed by atoms with Crippen LogP contribution in [0.25, 0.3) is 22.2 Å². The van der Waals surface area contributed by atoms with Gasteiger partial charge in [0.25, 0.3) is 10.0 Å². The zero-order valence-corrected chi connectivity index (χ0v) is 16.5. The second-order valence-corrected chi connectivity index (χ2v) is 8.20. The van der Waals surface area contributed by atoms with E-state index in [0.717, 1.165) is 9.54 Å². The van der Waals surface area contributed by atoms with Crippen LogP contribution >= 0.6 is 0 Å². The molecule has 0 unspecified atom stereocenters. The molecule has 0 aliphatic rings. The minimum atomic E-state index is -3.90. The van der Waals surface area contributed by atoms with Crippen molar-refractivity contribution in [2.75, 3.05) is 6.67 Å². The maximum Gasteiger partial charge on any atom is 0.268 e. The van der Waals surface area contributed by atoms with Crippen LogP contribution in [0.1, 0.15) is 17.0 Å². The summed E-state index contributed by atoms with van der Waals surface area (Å²) in [4.78, 5) is 4.55. The fourth-order valence-corrected chi connectivity index (χ4v) is 4.60. The number of aromatic nitrogens is 3. The summed E-state index contributed by atoms with van der Waals surface area (Å²) in [6, 6.07) is 9.77. The van der Waals surface area contributed by atoms with E-state index in [1.807, 2.05) is 0 Å². The molecule has 0 radical (unpaired) electrons. The fourth-order valence-electron chi connectivity index (χ4n) is 3.23. The van der Waals surface area contributed by atoms with Crippen LogP contribution in [0.3, 0.4) is 0 Å². The number of hydrogen-bond acceptors (Lipinski definition) is 5. The summed E-state index contributed by atoms with van der Waals surface area (Å²) in [6.07, 6.45) is 2.98. The third-order valence-electron chi connectivity index (χ3n) is 4.52. The lowest BCUT2D eigenvalue weighted by molar-refractivity contribution is 0.393. The molecule has 0 aliphatic carbocycles. The van der Waals surface area contributed by atoms with Crippen LogP contribution in [0.4, 0.5) is 4.39 Å². The Morgan fingerprint density at radius 2 is 1.97 bits per heavy atom. The number of rotatable bonds is 3. The van der Waals surface area contributed by atoms with Crippen molar-refractivity contribution in [2.24, 2.45) is 0 Å². The van der Waals surface area contributed by atoms with Crippen LogP contribution in [0.2, 0.25) is 0 Å². The minimum absolute atomic E-state index is 0.129. The first-order chi connectivity index (χ1) is 13.9. The van der Waals surface area contributed by atoms with E-state index >= 15 is 0 Å². The molecule has 146 valence electrons. The molecule has 0 amide bonds. The molecule has 0 saturated carbocycles. The molecule has 0 aliphatic heterocycles. The molecule has 8 heteroatoms. The maximum absolute atomic E-state index is 13.2. The minimum Gasteiger partial charge on any atom is -0.361 e. The number of hydrogen-bond donors (Lipinski definition) is 0. The second kappa shape index (κ2) is 7.18. The van der Waals surface area contributed by atoms with E-state index < -0.39 is 16.7 Å². The normalized spacial score (nSPS) is 11.4. The topological polar surface area (TPSA) is 78.0 Å². The third kappa shape index (κ3) is 3.19. The van der Waals surface area contributed by atoms with Crippen LogP contribution in [-0.4, -0.2) is 29.2 Å². The summed E-state index contributed by atoms with van der Waals surface area (Å²) >= 11 is 0. The maximum atomic E-state index is 13.2. The third-order valence-corrected chi connectivity index (χ3v) is 6.21. The van der Waals surface area contributed by atoms with Gasteiger partial charge in [0.1, 0.15) is 11.3 Å². The molecule has 0 saturated heterocycles. The molecule has 0 fully saturated rings. The zero-order valence-electron chi connectivity index (χ0n) is 15.7. The van der Waals surface area contributed by atoms with Gasteiger partial charge in [-0.15, -0.1) is 0 Å². The van der Waals surface area contributed by atoms with Gasteiger partial charge >= 0.3 is 0 Å². The first kappa shape index (κ1) is 18.9. The first-order valence-corrected chi connectivity index (χ1v) is 10.2. The van der Waals surface area contributed by atoms with Crippen molar-refractivity contribution in [3.8, 4) is 23.0 Å². The van der Waals surface area contributed by atoms with Crippen molar-refractivity contribution in [2.45, 2.75) is 18.7 Å². The van der Waals surface area contributed by atoms with E-state index in [1.54, 1.807) is 44.3 Å². The number of nitrogens with zero attached hydrogens (tertiary/aromatic N) is 3. The molecule has 4 aromatic rings. The Balaban J connectivity index is 2.02. The summed E-state index contributed by atoms with van der Waals surface area (Å²) < 4.78 is 45.4. The van der Waals surface area contributed by atoms with Crippen LogP contribution < -0.4 is 0 Å². The van der Waals surface area contributed by atoms with Gasteiger partial charge in [0, 0.05) is 23.5 Å². The molecule has 3 heterocycles. The van der Waals surface area contributed by atoms with Crippen molar-refractivity contribution in [3.05, 3.63) is 65.8 Å². The highest BCUT2D eigenvalue weighted by Crippen LogP contribution is 2.31. The number of fused-ring (bicyclic) bond motifs is 1. The quantitative estimate of drug-likeness (QED) is 0.480. The predicted molar refractivity (Wildman–Crippen MR) is 107 cm³/mol. The largest absolute Gasteiger partial charge is 0.361 e. The lowest BCUT2D eigenvalue weighted by Gasteiger charge is -2.08. The fraction of sp³-hybridized carbons (Fsp3) is 0.143. The molecule has 0 spiro atoms. The Morgan fingerprint density at radius 1 is 1.21 bits per heavy atom. The van der Waals surface area contributed by atoms with E-state index in [4.69, 9.17) is 4.52 Å².